The topological polar surface area (TPSA) is 26.0 Å². The molecule has 19 heavy (non-hydrogen) atoms. The molecule has 0 saturated carbocycles. The van der Waals surface area contributed by atoms with E-state index in [-0.39, 0.29) is 0 Å². The van der Waals surface area contributed by atoms with Crippen molar-refractivity contribution >= 4 is 0 Å². The van der Waals surface area contributed by atoms with Crippen LogP contribution < -0.4 is 5.73 Å². The molecular weight excluding hydrogens is 230 g/mol. The number of hydrogen-bond donors (Lipinski definition) is 1. The summed E-state index contributed by atoms with van der Waals surface area (Å²) in [5.74, 6) is 0.705. The van der Waals surface area contributed by atoms with Crippen LogP contribution in [0.1, 0.15) is 30.5 Å². The summed E-state index contributed by atoms with van der Waals surface area (Å²) in [7, 11) is 0. The molecule has 0 unspecified atom stereocenters. The smallest absolute Gasteiger partial charge is 0.0180 e. The van der Waals surface area contributed by atoms with E-state index in [0.717, 1.165) is 6.42 Å². The standard InChI is InChI=1S/C18H23N/c1-13(2)10-15-4-6-16(7-5-15)17-8-9-18(12-19)14(3)11-17/h4-9,11,13H,10,12,19H2,1-3H3. The van der Waals surface area contributed by atoms with Gasteiger partial charge in [-0.2, -0.15) is 0 Å². The normalized spacial score (nSPS) is 11.0. The first-order chi connectivity index (χ1) is 9.10. The molecule has 0 saturated heterocycles. The van der Waals surface area contributed by atoms with Gasteiger partial charge in [0.1, 0.15) is 0 Å². The molecule has 0 spiro atoms. The average molecular weight is 253 g/mol. The third kappa shape index (κ3) is 3.45. The molecule has 0 heterocycles. The fourth-order valence-electron chi connectivity index (χ4n) is 2.41. The lowest BCUT2D eigenvalue weighted by atomic mass is 9.97. The maximum atomic E-state index is 5.71. The van der Waals surface area contributed by atoms with Gasteiger partial charge in [-0.3, -0.25) is 0 Å². The Morgan fingerprint density at radius 3 is 2.11 bits per heavy atom. The van der Waals surface area contributed by atoms with Crippen LogP contribution >= 0.6 is 0 Å². The van der Waals surface area contributed by atoms with Gasteiger partial charge >= 0.3 is 0 Å². The van der Waals surface area contributed by atoms with Gasteiger partial charge in [-0.1, -0.05) is 56.3 Å². The van der Waals surface area contributed by atoms with Gasteiger partial charge in [-0.25, -0.2) is 0 Å². The van der Waals surface area contributed by atoms with E-state index >= 15 is 0 Å². The van der Waals surface area contributed by atoms with Gasteiger partial charge in [0, 0.05) is 6.54 Å². The predicted octanol–water partition coefficient (Wildman–Crippen LogP) is 4.32. The minimum atomic E-state index is 0.611. The molecule has 1 heteroatoms. The first kappa shape index (κ1) is 13.8. The summed E-state index contributed by atoms with van der Waals surface area (Å²) in [6, 6.07) is 15.4. The molecular formula is C18H23N. The van der Waals surface area contributed by atoms with Crippen LogP contribution in [0.4, 0.5) is 0 Å². The number of nitrogens with two attached hydrogens (primary N) is 1. The Labute approximate surface area is 116 Å². The molecule has 1 nitrogen and oxygen atoms in total. The third-order valence-electron chi connectivity index (χ3n) is 3.49. The van der Waals surface area contributed by atoms with Gasteiger partial charge in [0.05, 0.1) is 0 Å². The van der Waals surface area contributed by atoms with E-state index in [1.54, 1.807) is 0 Å². The quantitative estimate of drug-likeness (QED) is 0.863. The highest BCUT2D eigenvalue weighted by molar-refractivity contribution is 5.65. The van der Waals surface area contributed by atoms with E-state index in [2.05, 4.69) is 63.2 Å². The number of benzene rings is 2. The van der Waals surface area contributed by atoms with Gasteiger partial charge in [0.2, 0.25) is 0 Å². The zero-order chi connectivity index (χ0) is 13.8. The van der Waals surface area contributed by atoms with Gasteiger partial charge in [0.15, 0.2) is 0 Å². The molecule has 2 N–H and O–H groups in total. The third-order valence-corrected chi connectivity index (χ3v) is 3.49. The monoisotopic (exact) mass is 253 g/mol. The fourth-order valence-corrected chi connectivity index (χ4v) is 2.41. The summed E-state index contributed by atoms with van der Waals surface area (Å²) in [4.78, 5) is 0. The summed E-state index contributed by atoms with van der Waals surface area (Å²) in [6.07, 6.45) is 1.14. The van der Waals surface area contributed by atoms with Crippen molar-refractivity contribution in [3.8, 4) is 11.1 Å². The van der Waals surface area contributed by atoms with Crippen LogP contribution in [0.2, 0.25) is 0 Å². The lowest BCUT2D eigenvalue weighted by Gasteiger charge is -2.09. The van der Waals surface area contributed by atoms with Crippen molar-refractivity contribution in [3.05, 3.63) is 59.2 Å². The zero-order valence-corrected chi connectivity index (χ0v) is 12.1. The van der Waals surface area contributed by atoms with E-state index in [4.69, 9.17) is 5.73 Å². The highest BCUT2D eigenvalue weighted by Crippen LogP contribution is 2.23. The van der Waals surface area contributed by atoms with Crippen LogP contribution in [-0.4, -0.2) is 0 Å². The molecule has 0 aliphatic heterocycles. The second-order valence-corrected chi connectivity index (χ2v) is 5.64. The first-order valence-electron chi connectivity index (χ1n) is 6.99. The van der Waals surface area contributed by atoms with E-state index in [1.807, 2.05) is 0 Å². The van der Waals surface area contributed by atoms with E-state index in [1.165, 1.54) is 27.8 Å². The molecule has 2 rings (SSSR count). The molecule has 0 bridgehead atoms. The van der Waals surface area contributed by atoms with Crippen LogP contribution in [0.5, 0.6) is 0 Å². The van der Waals surface area contributed by atoms with Crippen molar-refractivity contribution < 1.29 is 0 Å². The lowest BCUT2D eigenvalue weighted by Crippen LogP contribution is -1.98. The molecule has 0 aliphatic rings. The van der Waals surface area contributed by atoms with Crippen molar-refractivity contribution in [2.24, 2.45) is 11.7 Å². The molecule has 2 aromatic rings. The minimum Gasteiger partial charge on any atom is -0.326 e. The van der Waals surface area contributed by atoms with Crippen LogP contribution in [0.15, 0.2) is 42.5 Å². The lowest BCUT2D eigenvalue weighted by molar-refractivity contribution is 0.647. The summed E-state index contributed by atoms with van der Waals surface area (Å²) >= 11 is 0. The number of hydrogen-bond acceptors (Lipinski definition) is 1. The van der Waals surface area contributed by atoms with E-state index < -0.39 is 0 Å². The summed E-state index contributed by atoms with van der Waals surface area (Å²) < 4.78 is 0. The first-order valence-corrected chi connectivity index (χ1v) is 6.99. The Morgan fingerprint density at radius 2 is 1.58 bits per heavy atom. The van der Waals surface area contributed by atoms with Crippen LogP contribution in [0.3, 0.4) is 0 Å². The van der Waals surface area contributed by atoms with Crippen molar-refractivity contribution in [2.75, 3.05) is 0 Å². The van der Waals surface area contributed by atoms with Crippen LogP contribution in [0, 0.1) is 12.8 Å². The SMILES string of the molecule is Cc1cc(-c2ccc(CC(C)C)cc2)ccc1CN. The maximum absolute atomic E-state index is 5.71. The zero-order valence-electron chi connectivity index (χ0n) is 12.1. The molecule has 0 fully saturated rings. The van der Waals surface area contributed by atoms with Crippen molar-refractivity contribution in [2.45, 2.75) is 33.7 Å². The summed E-state index contributed by atoms with van der Waals surface area (Å²) in [5, 5.41) is 0. The van der Waals surface area contributed by atoms with Crippen molar-refractivity contribution in [1.82, 2.24) is 0 Å². The van der Waals surface area contributed by atoms with Crippen LogP contribution in [0.25, 0.3) is 11.1 Å². The van der Waals surface area contributed by atoms with Gasteiger partial charge in [-0.15, -0.1) is 0 Å². The summed E-state index contributed by atoms with van der Waals surface area (Å²) in [5.41, 5.74) is 12.2. The second-order valence-electron chi connectivity index (χ2n) is 5.64. The molecule has 2 aromatic carbocycles. The minimum absolute atomic E-state index is 0.611. The largest absolute Gasteiger partial charge is 0.326 e. The number of rotatable bonds is 4. The molecule has 0 aromatic heterocycles. The Bertz CT molecular complexity index is 538. The Kier molecular flexibility index (Phi) is 4.39. The Hall–Kier alpha value is -1.60. The molecule has 0 amide bonds. The number of aryl methyl sites for hydroxylation is 1. The van der Waals surface area contributed by atoms with Crippen molar-refractivity contribution in [3.63, 3.8) is 0 Å². The molecule has 0 aliphatic carbocycles. The van der Waals surface area contributed by atoms with E-state index in [0.29, 0.717) is 12.5 Å². The van der Waals surface area contributed by atoms with Gasteiger partial charge in [-0.05, 0) is 47.1 Å². The molecule has 100 valence electrons. The van der Waals surface area contributed by atoms with E-state index in [9.17, 15) is 0 Å². The molecule has 0 radical (unpaired) electrons. The molecule has 0 atom stereocenters. The second kappa shape index (κ2) is 6.03. The fraction of sp³-hybridized carbons (Fsp3) is 0.333. The van der Waals surface area contributed by atoms with Gasteiger partial charge in [0.25, 0.3) is 0 Å². The summed E-state index contributed by atoms with van der Waals surface area (Å²) in [6.45, 7) is 7.24. The highest BCUT2D eigenvalue weighted by atomic mass is 14.5. The Balaban J connectivity index is 2.24. The highest BCUT2D eigenvalue weighted by Gasteiger charge is 2.02. The maximum Gasteiger partial charge on any atom is 0.0180 e. The van der Waals surface area contributed by atoms with Gasteiger partial charge < -0.3 is 5.73 Å². The van der Waals surface area contributed by atoms with Crippen molar-refractivity contribution in [1.29, 1.82) is 0 Å². The van der Waals surface area contributed by atoms with Crippen LogP contribution in [-0.2, 0) is 13.0 Å². The predicted molar refractivity (Wildman–Crippen MR) is 83.0 cm³/mol. The Morgan fingerprint density at radius 1 is 0.947 bits per heavy atom. The average Bonchev–Trinajstić information content (AvgIpc) is 2.39.